The molecule has 218 valence electrons. The molecule has 0 bridgehead atoms. The number of aryl methyl sites for hydroxylation is 1. The van der Waals surface area contributed by atoms with E-state index in [-0.39, 0.29) is 28.3 Å². The van der Waals surface area contributed by atoms with E-state index < -0.39 is 16.0 Å². The summed E-state index contributed by atoms with van der Waals surface area (Å²) in [6.07, 6.45) is 3.13. The summed E-state index contributed by atoms with van der Waals surface area (Å²) in [7, 11) is -2.81. The van der Waals surface area contributed by atoms with Crippen molar-refractivity contribution in [3.63, 3.8) is 0 Å². The fraction of sp³-hybridized carbons (Fsp3) is 0.0769. The van der Waals surface area contributed by atoms with Crippen LogP contribution in [0.15, 0.2) is 70.5 Å². The third kappa shape index (κ3) is 8.00. The van der Waals surface area contributed by atoms with Gasteiger partial charge in [-0.15, -0.1) is 4.33 Å². The van der Waals surface area contributed by atoms with E-state index in [1.54, 1.807) is 74.6 Å². The SMILES string of the molecule is CNc1nc(Nc2ccc(C(N)=O)cc2)nc(Nc2ccc(/C=C/c3ccc(C)cc3S(=O)(=O)O)c(SOOO)c2)n1. The monoisotopic (exact) mass is 611 g/mol. The zero-order chi connectivity index (χ0) is 30.3. The van der Waals surface area contributed by atoms with E-state index in [2.05, 4.69) is 40.3 Å². The first-order valence-electron chi connectivity index (χ1n) is 12.0. The summed E-state index contributed by atoms with van der Waals surface area (Å²) >= 11 is 0.693. The number of amides is 1. The fourth-order valence-corrected chi connectivity index (χ4v) is 4.91. The van der Waals surface area contributed by atoms with Crippen molar-refractivity contribution >= 4 is 69.4 Å². The normalized spacial score (nSPS) is 11.4. The molecule has 0 unspecified atom stereocenters. The van der Waals surface area contributed by atoms with E-state index >= 15 is 0 Å². The van der Waals surface area contributed by atoms with Gasteiger partial charge in [0.1, 0.15) is 4.90 Å². The number of hydrogen-bond acceptors (Lipinski definition) is 13. The van der Waals surface area contributed by atoms with Crippen LogP contribution < -0.4 is 21.7 Å². The number of nitrogens with one attached hydrogen (secondary N) is 3. The van der Waals surface area contributed by atoms with Crippen LogP contribution in [-0.2, 0) is 19.5 Å². The summed E-state index contributed by atoms with van der Waals surface area (Å²) in [5.41, 5.74) is 8.29. The molecule has 3 aromatic carbocycles. The van der Waals surface area contributed by atoms with Crippen molar-refractivity contribution in [1.82, 2.24) is 15.0 Å². The molecule has 0 aliphatic carbocycles. The van der Waals surface area contributed by atoms with Gasteiger partial charge < -0.3 is 21.7 Å². The third-order valence-electron chi connectivity index (χ3n) is 5.60. The van der Waals surface area contributed by atoms with Crippen molar-refractivity contribution < 1.29 is 32.4 Å². The molecular weight excluding hydrogens is 586 g/mol. The zero-order valence-corrected chi connectivity index (χ0v) is 23.7. The molecule has 14 nitrogen and oxygen atoms in total. The second-order valence-electron chi connectivity index (χ2n) is 8.58. The Morgan fingerprint density at radius 2 is 1.50 bits per heavy atom. The number of benzene rings is 3. The lowest BCUT2D eigenvalue weighted by Gasteiger charge is -2.12. The number of carbonyl (C=O) groups is 1. The Morgan fingerprint density at radius 1 is 0.905 bits per heavy atom. The van der Waals surface area contributed by atoms with Crippen molar-refractivity contribution in [2.24, 2.45) is 5.73 Å². The summed E-state index contributed by atoms with van der Waals surface area (Å²) < 4.78 is 38.0. The number of hydrogen-bond donors (Lipinski definition) is 6. The van der Waals surface area contributed by atoms with Gasteiger partial charge in [-0.2, -0.15) is 23.4 Å². The summed E-state index contributed by atoms with van der Waals surface area (Å²) in [5.74, 6) is 0.116. The number of anilines is 5. The number of aromatic nitrogens is 3. The van der Waals surface area contributed by atoms with Crippen LogP contribution in [0.2, 0.25) is 0 Å². The standard InChI is InChI=1S/C26H25N7O7S2/c1-15-3-4-17(22(13-15)42(36,37)38)6-5-16-7-12-20(14-21(16)41-40-39-35)30-26-32-24(28-2)31-25(33-26)29-19-10-8-18(9-11-19)23(27)34/h3-14,35H,1-2H3,(H2,27,34)(H,36,37,38)(H3,28,29,30,31,32,33)/b6-5+. The predicted octanol–water partition coefficient (Wildman–Crippen LogP) is 4.65. The van der Waals surface area contributed by atoms with E-state index in [9.17, 15) is 17.8 Å². The van der Waals surface area contributed by atoms with Gasteiger partial charge in [-0.05, 0) is 66.1 Å². The lowest BCUT2D eigenvalue weighted by molar-refractivity contribution is -0.432. The smallest absolute Gasteiger partial charge is 0.295 e. The van der Waals surface area contributed by atoms with Crippen LogP contribution in [0.25, 0.3) is 12.2 Å². The van der Waals surface area contributed by atoms with E-state index in [1.165, 1.54) is 12.1 Å². The molecular formula is C26H25N7O7S2. The molecule has 16 heteroatoms. The molecule has 0 spiro atoms. The molecule has 1 heterocycles. The first-order chi connectivity index (χ1) is 20.0. The first-order valence-corrected chi connectivity index (χ1v) is 14.2. The number of primary amides is 1. The maximum absolute atomic E-state index is 11.9. The van der Waals surface area contributed by atoms with Gasteiger partial charge in [-0.25, -0.2) is 5.26 Å². The Morgan fingerprint density at radius 3 is 2.12 bits per heavy atom. The van der Waals surface area contributed by atoms with Crippen molar-refractivity contribution in [3.05, 3.63) is 82.9 Å². The van der Waals surface area contributed by atoms with Crippen LogP contribution >= 0.6 is 12.0 Å². The summed E-state index contributed by atoms with van der Waals surface area (Å²) in [6.45, 7) is 1.71. The minimum Gasteiger partial charge on any atom is -0.366 e. The van der Waals surface area contributed by atoms with Crippen LogP contribution in [0.3, 0.4) is 0 Å². The quantitative estimate of drug-likeness (QED) is 0.0423. The topological polar surface area (TPSA) is 211 Å². The Hall–Kier alpha value is -4.58. The Bertz CT molecular complexity index is 1730. The third-order valence-corrected chi connectivity index (χ3v) is 7.17. The molecule has 0 aliphatic rings. The molecule has 1 amide bonds. The molecule has 42 heavy (non-hydrogen) atoms. The molecule has 0 fully saturated rings. The van der Waals surface area contributed by atoms with Gasteiger partial charge in [0.15, 0.2) is 0 Å². The lowest BCUT2D eigenvalue weighted by atomic mass is 10.1. The highest BCUT2D eigenvalue weighted by Gasteiger charge is 2.15. The molecule has 0 radical (unpaired) electrons. The average Bonchev–Trinajstić information content (AvgIpc) is 2.95. The molecule has 0 saturated carbocycles. The first kappa shape index (κ1) is 30.4. The van der Waals surface area contributed by atoms with Crippen molar-refractivity contribution in [2.75, 3.05) is 23.0 Å². The maximum atomic E-state index is 11.9. The Kier molecular flexibility index (Phi) is 9.68. The van der Waals surface area contributed by atoms with Crippen LogP contribution in [0.5, 0.6) is 0 Å². The largest absolute Gasteiger partial charge is 0.366 e. The van der Waals surface area contributed by atoms with E-state index in [4.69, 9.17) is 11.0 Å². The molecule has 7 N–H and O–H groups in total. The van der Waals surface area contributed by atoms with Crippen LogP contribution in [0, 0.1) is 6.92 Å². The molecule has 0 saturated heterocycles. The minimum absolute atomic E-state index is 0.182. The summed E-state index contributed by atoms with van der Waals surface area (Å²) in [5, 5.41) is 21.4. The van der Waals surface area contributed by atoms with E-state index in [0.29, 0.717) is 45.0 Å². The molecule has 0 atom stereocenters. The Balaban J connectivity index is 1.61. The van der Waals surface area contributed by atoms with Gasteiger partial charge in [0.05, 0.1) is 12.0 Å². The summed E-state index contributed by atoms with van der Waals surface area (Å²) in [4.78, 5) is 24.5. The van der Waals surface area contributed by atoms with Crippen LogP contribution in [0.1, 0.15) is 27.0 Å². The fourth-order valence-electron chi connectivity index (χ4n) is 3.63. The zero-order valence-electron chi connectivity index (χ0n) is 22.1. The molecule has 0 aliphatic heterocycles. The van der Waals surface area contributed by atoms with Crippen LogP contribution in [-0.4, -0.2) is 46.1 Å². The highest BCUT2D eigenvalue weighted by Crippen LogP contribution is 2.31. The van der Waals surface area contributed by atoms with E-state index in [0.717, 1.165) is 0 Å². The van der Waals surface area contributed by atoms with Crippen molar-refractivity contribution in [2.45, 2.75) is 16.7 Å². The molecule has 4 aromatic rings. The highest BCUT2D eigenvalue weighted by atomic mass is 32.2. The number of carbonyl (C=O) groups excluding carboxylic acids is 1. The Labute approximate surface area is 244 Å². The average molecular weight is 612 g/mol. The molecule has 4 rings (SSSR count). The van der Waals surface area contributed by atoms with Gasteiger partial charge >= 0.3 is 0 Å². The predicted molar refractivity (Wildman–Crippen MR) is 158 cm³/mol. The highest BCUT2D eigenvalue weighted by molar-refractivity contribution is 7.94. The van der Waals surface area contributed by atoms with Crippen molar-refractivity contribution in [1.29, 1.82) is 0 Å². The van der Waals surface area contributed by atoms with Crippen molar-refractivity contribution in [3.8, 4) is 0 Å². The van der Waals surface area contributed by atoms with Gasteiger partial charge in [0.2, 0.25) is 23.8 Å². The lowest BCUT2D eigenvalue weighted by Crippen LogP contribution is -2.10. The van der Waals surface area contributed by atoms with Gasteiger partial charge in [-0.3, -0.25) is 9.35 Å². The van der Waals surface area contributed by atoms with Crippen LogP contribution in [0.4, 0.5) is 29.2 Å². The second-order valence-corrected chi connectivity index (χ2v) is 10.7. The number of rotatable bonds is 12. The van der Waals surface area contributed by atoms with Gasteiger partial charge in [0, 0.05) is 28.9 Å². The van der Waals surface area contributed by atoms with Gasteiger partial charge in [-0.1, -0.05) is 35.4 Å². The second kappa shape index (κ2) is 13.4. The number of nitrogens with two attached hydrogens (primary N) is 1. The van der Waals surface area contributed by atoms with Gasteiger partial charge in [0.25, 0.3) is 10.1 Å². The number of nitrogens with zero attached hydrogens (tertiary/aromatic N) is 3. The summed E-state index contributed by atoms with van der Waals surface area (Å²) in [6, 6.07) is 16.2. The maximum Gasteiger partial charge on any atom is 0.295 e. The van der Waals surface area contributed by atoms with E-state index in [1.807, 2.05) is 0 Å². The minimum atomic E-state index is -4.45. The molecule has 1 aromatic heterocycles.